The van der Waals surface area contributed by atoms with Gasteiger partial charge in [-0.05, 0) is 44.2 Å². The van der Waals surface area contributed by atoms with E-state index in [4.69, 9.17) is 0 Å². The third-order valence-corrected chi connectivity index (χ3v) is 5.14. The molecular formula is C15H30N2. The van der Waals surface area contributed by atoms with Crippen LogP contribution < -0.4 is 5.32 Å². The molecule has 0 bridgehead atoms. The SMILES string of the molecule is CCC1CN(C2CCCC(C)C2C)CCCN1. The molecule has 0 amide bonds. The van der Waals surface area contributed by atoms with E-state index in [0.717, 1.165) is 23.9 Å². The second-order valence-corrected chi connectivity index (χ2v) is 6.24. The van der Waals surface area contributed by atoms with E-state index in [2.05, 4.69) is 31.0 Å². The first-order chi connectivity index (χ1) is 8.22. The summed E-state index contributed by atoms with van der Waals surface area (Å²) >= 11 is 0. The quantitative estimate of drug-likeness (QED) is 0.796. The molecule has 1 saturated heterocycles. The lowest BCUT2D eigenvalue weighted by Crippen LogP contribution is -2.47. The molecule has 100 valence electrons. The van der Waals surface area contributed by atoms with E-state index in [1.54, 1.807) is 0 Å². The lowest BCUT2D eigenvalue weighted by atomic mass is 9.77. The molecule has 1 aliphatic carbocycles. The third-order valence-electron chi connectivity index (χ3n) is 5.14. The highest BCUT2D eigenvalue weighted by molar-refractivity contribution is 4.87. The van der Waals surface area contributed by atoms with Gasteiger partial charge >= 0.3 is 0 Å². The standard InChI is InChI=1S/C15H30N2/c1-4-14-11-17(10-6-9-16-14)15-8-5-7-12(2)13(15)3/h12-16H,4-11H2,1-3H3. The van der Waals surface area contributed by atoms with E-state index in [1.165, 1.54) is 51.7 Å². The van der Waals surface area contributed by atoms with Crippen molar-refractivity contribution in [3.8, 4) is 0 Å². The highest BCUT2D eigenvalue weighted by Crippen LogP contribution is 2.33. The molecule has 2 fully saturated rings. The van der Waals surface area contributed by atoms with Crippen LogP contribution in [0.3, 0.4) is 0 Å². The van der Waals surface area contributed by atoms with Crippen LogP contribution >= 0.6 is 0 Å². The summed E-state index contributed by atoms with van der Waals surface area (Å²) in [5, 5.41) is 3.68. The average Bonchev–Trinajstić information content (AvgIpc) is 2.58. The topological polar surface area (TPSA) is 15.3 Å². The maximum absolute atomic E-state index is 3.68. The Hall–Kier alpha value is -0.0800. The van der Waals surface area contributed by atoms with Gasteiger partial charge in [0.05, 0.1) is 0 Å². The van der Waals surface area contributed by atoms with Gasteiger partial charge in [-0.15, -0.1) is 0 Å². The molecule has 0 aromatic heterocycles. The first-order valence-electron chi connectivity index (χ1n) is 7.69. The Morgan fingerprint density at radius 3 is 2.76 bits per heavy atom. The van der Waals surface area contributed by atoms with Gasteiger partial charge in [-0.1, -0.05) is 33.6 Å². The lowest BCUT2D eigenvalue weighted by Gasteiger charge is -2.42. The van der Waals surface area contributed by atoms with Crippen molar-refractivity contribution < 1.29 is 0 Å². The summed E-state index contributed by atoms with van der Waals surface area (Å²) in [5.41, 5.74) is 0. The minimum absolute atomic E-state index is 0.724. The van der Waals surface area contributed by atoms with Crippen LogP contribution in [0.4, 0.5) is 0 Å². The van der Waals surface area contributed by atoms with Gasteiger partial charge in [-0.25, -0.2) is 0 Å². The fourth-order valence-electron chi connectivity index (χ4n) is 3.67. The number of nitrogens with one attached hydrogen (secondary N) is 1. The fraction of sp³-hybridized carbons (Fsp3) is 1.00. The molecule has 2 aliphatic rings. The smallest absolute Gasteiger partial charge is 0.0192 e. The van der Waals surface area contributed by atoms with Crippen molar-refractivity contribution in [1.82, 2.24) is 10.2 Å². The summed E-state index contributed by atoms with van der Waals surface area (Å²) in [6, 6.07) is 1.58. The Kier molecular flexibility index (Phi) is 4.87. The van der Waals surface area contributed by atoms with Crippen molar-refractivity contribution in [2.45, 2.75) is 65.0 Å². The predicted octanol–water partition coefficient (Wildman–Crippen LogP) is 2.89. The Morgan fingerprint density at radius 1 is 1.18 bits per heavy atom. The molecule has 2 heteroatoms. The first-order valence-corrected chi connectivity index (χ1v) is 7.69. The lowest BCUT2D eigenvalue weighted by molar-refractivity contribution is 0.0794. The Labute approximate surface area is 107 Å². The van der Waals surface area contributed by atoms with Crippen molar-refractivity contribution in [2.24, 2.45) is 11.8 Å². The molecular weight excluding hydrogens is 208 g/mol. The van der Waals surface area contributed by atoms with Crippen LogP contribution in [0.15, 0.2) is 0 Å². The first kappa shape index (κ1) is 13.4. The van der Waals surface area contributed by atoms with Gasteiger partial charge in [0.15, 0.2) is 0 Å². The fourth-order valence-corrected chi connectivity index (χ4v) is 3.67. The van der Waals surface area contributed by atoms with E-state index in [-0.39, 0.29) is 0 Å². The highest BCUT2D eigenvalue weighted by atomic mass is 15.2. The molecule has 2 rings (SSSR count). The summed E-state index contributed by atoms with van der Waals surface area (Å²) in [7, 11) is 0. The molecule has 1 aliphatic heterocycles. The predicted molar refractivity (Wildman–Crippen MR) is 74.2 cm³/mol. The molecule has 2 nitrogen and oxygen atoms in total. The largest absolute Gasteiger partial charge is 0.313 e. The zero-order valence-corrected chi connectivity index (χ0v) is 11.9. The van der Waals surface area contributed by atoms with Crippen LogP contribution in [-0.4, -0.2) is 36.6 Å². The van der Waals surface area contributed by atoms with Gasteiger partial charge in [0, 0.05) is 18.6 Å². The van der Waals surface area contributed by atoms with E-state index in [1.807, 2.05) is 0 Å². The summed E-state index contributed by atoms with van der Waals surface area (Å²) in [4.78, 5) is 2.80. The highest BCUT2D eigenvalue weighted by Gasteiger charge is 2.32. The van der Waals surface area contributed by atoms with Crippen LogP contribution in [0.1, 0.15) is 52.9 Å². The van der Waals surface area contributed by atoms with Gasteiger partial charge in [-0.3, -0.25) is 4.90 Å². The number of rotatable bonds is 2. The van der Waals surface area contributed by atoms with Crippen molar-refractivity contribution in [1.29, 1.82) is 0 Å². The van der Waals surface area contributed by atoms with Gasteiger partial charge < -0.3 is 5.32 Å². The molecule has 1 heterocycles. The molecule has 17 heavy (non-hydrogen) atoms. The van der Waals surface area contributed by atoms with E-state index < -0.39 is 0 Å². The summed E-state index contributed by atoms with van der Waals surface area (Å²) in [5.74, 6) is 1.81. The number of hydrogen-bond acceptors (Lipinski definition) is 2. The van der Waals surface area contributed by atoms with Crippen LogP contribution in [0, 0.1) is 11.8 Å². The van der Waals surface area contributed by atoms with Crippen LogP contribution in [-0.2, 0) is 0 Å². The summed E-state index contributed by atoms with van der Waals surface area (Å²) in [6.45, 7) is 11.0. The van der Waals surface area contributed by atoms with E-state index >= 15 is 0 Å². The molecule has 0 aromatic rings. The monoisotopic (exact) mass is 238 g/mol. The maximum Gasteiger partial charge on any atom is 0.0192 e. The van der Waals surface area contributed by atoms with Crippen LogP contribution in [0.2, 0.25) is 0 Å². The molecule has 0 radical (unpaired) electrons. The summed E-state index contributed by atoms with van der Waals surface area (Å²) < 4.78 is 0. The number of nitrogens with zero attached hydrogens (tertiary/aromatic N) is 1. The van der Waals surface area contributed by atoms with Gasteiger partial charge in [-0.2, -0.15) is 0 Å². The zero-order chi connectivity index (χ0) is 12.3. The van der Waals surface area contributed by atoms with Gasteiger partial charge in [0.25, 0.3) is 0 Å². The minimum atomic E-state index is 0.724. The van der Waals surface area contributed by atoms with Crippen molar-refractivity contribution >= 4 is 0 Å². The normalized spacial score (nSPS) is 41.1. The minimum Gasteiger partial charge on any atom is -0.313 e. The van der Waals surface area contributed by atoms with Crippen molar-refractivity contribution in [3.05, 3.63) is 0 Å². The molecule has 1 N–H and O–H groups in total. The van der Waals surface area contributed by atoms with Gasteiger partial charge in [0.1, 0.15) is 0 Å². The molecule has 4 atom stereocenters. The van der Waals surface area contributed by atoms with E-state index in [0.29, 0.717) is 0 Å². The van der Waals surface area contributed by atoms with Gasteiger partial charge in [0.2, 0.25) is 0 Å². The third kappa shape index (κ3) is 3.23. The molecule has 0 spiro atoms. The Bertz CT molecular complexity index is 229. The van der Waals surface area contributed by atoms with E-state index in [9.17, 15) is 0 Å². The molecule has 4 unspecified atom stereocenters. The number of hydrogen-bond donors (Lipinski definition) is 1. The van der Waals surface area contributed by atoms with Crippen LogP contribution in [0.5, 0.6) is 0 Å². The Balaban J connectivity index is 1.98. The maximum atomic E-state index is 3.68. The second kappa shape index (κ2) is 6.19. The van der Waals surface area contributed by atoms with Crippen LogP contribution in [0.25, 0.3) is 0 Å². The molecule has 0 aromatic carbocycles. The second-order valence-electron chi connectivity index (χ2n) is 6.24. The van der Waals surface area contributed by atoms with Crippen molar-refractivity contribution in [3.63, 3.8) is 0 Å². The Morgan fingerprint density at radius 2 is 2.00 bits per heavy atom. The van der Waals surface area contributed by atoms with Crippen molar-refractivity contribution in [2.75, 3.05) is 19.6 Å². The zero-order valence-electron chi connectivity index (χ0n) is 11.9. The summed E-state index contributed by atoms with van der Waals surface area (Å²) in [6.07, 6.45) is 6.92. The average molecular weight is 238 g/mol. The molecule has 1 saturated carbocycles.